The van der Waals surface area contributed by atoms with E-state index in [1.165, 1.54) is 19.5 Å². The van der Waals surface area contributed by atoms with E-state index < -0.39 is 5.97 Å². The average molecular weight is 192 g/mol. The predicted octanol–water partition coefficient (Wildman–Crippen LogP) is 1.27. The SMILES string of the molecule is COc1ccc(C(=O)O)c2nc[nH]c12. The van der Waals surface area contributed by atoms with Gasteiger partial charge in [0.15, 0.2) is 0 Å². The number of imidazole rings is 1. The molecule has 0 amide bonds. The van der Waals surface area contributed by atoms with Crippen molar-refractivity contribution in [3.05, 3.63) is 24.0 Å². The van der Waals surface area contributed by atoms with Crippen molar-refractivity contribution >= 4 is 17.0 Å². The first kappa shape index (κ1) is 8.55. The first-order valence-electron chi connectivity index (χ1n) is 3.97. The minimum Gasteiger partial charge on any atom is -0.494 e. The highest BCUT2D eigenvalue weighted by Crippen LogP contribution is 2.25. The summed E-state index contributed by atoms with van der Waals surface area (Å²) in [6.45, 7) is 0. The lowest BCUT2D eigenvalue weighted by molar-refractivity contribution is 0.0699. The second-order valence-electron chi connectivity index (χ2n) is 2.75. The maximum Gasteiger partial charge on any atom is 0.337 e. The van der Waals surface area contributed by atoms with Crippen molar-refractivity contribution in [2.45, 2.75) is 0 Å². The van der Waals surface area contributed by atoms with Crippen LogP contribution in [0.4, 0.5) is 0 Å². The molecule has 0 spiro atoms. The number of hydrogen-bond acceptors (Lipinski definition) is 3. The lowest BCUT2D eigenvalue weighted by atomic mass is 10.2. The number of aromatic carboxylic acids is 1. The van der Waals surface area contributed by atoms with Gasteiger partial charge >= 0.3 is 5.97 Å². The summed E-state index contributed by atoms with van der Waals surface area (Å²) in [5.41, 5.74) is 1.19. The molecule has 0 aliphatic rings. The van der Waals surface area contributed by atoms with E-state index in [4.69, 9.17) is 9.84 Å². The van der Waals surface area contributed by atoms with Crippen molar-refractivity contribution in [2.75, 3.05) is 7.11 Å². The van der Waals surface area contributed by atoms with Crippen LogP contribution in [-0.2, 0) is 0 Å². The molecule has 5 heteroatoms. The fraction of sp³-hybridized carbons (Fsp3) is 0.111. The molecule has 0 atom stereocenters. The zero-order valence-electron chi connectivity index (χ0n) is 7.44. The minimum atomic E-state index is -0.996. The number of methoxy groups -OCH3 is 1. The van der Waals surface area contributed by atoms with Crippen molar-refractivity contribution in [2.24, 2.45) is 0 Å². The molecule has 1 heterocycles. The summed E-state index contributed by atoms with van der Waals surface area (Å²) in [4.78, 5) is 17.6. The summed E-state index contributed by atoms with van der Waals surface area (Å²) in [7, 11) is 1.52. The highest BCUT2D eigenvalue weighted by molar-refractivity contribution is 6.02. The van der Waals surface area contributed by atoms with Crippen LogP contribution < -0.4 is 4.74 Å². The Morgan fingerprint density at radius 1 is 1.57 bits per heavy atom. The highest BCUT2D eigenvalue weighted by Gasteiger charge is 2.13. The number of aromatic nitrogens is 2. The van der Waals surface area contributed by atoms with Gasteiger partial charge in [0.25, 0.3) is 0 Å². The van der Waals surface area contributed by atoms with E-state index in [1.54, 1.807) is 6.07 Å². The average Bonchev–Trinajstić information content (AvgIpc) is 2.64. The fourth-order valence-electron chi connectivity index (χ4n) is 1.35. The van der Waals surface area contributed by atoms with E-state index >= 15 is 0 Å². The molecule has 14 heavy (non-hydrogen) atoms. The molecule has 1 aromatic carbocycles. The van der Waals surface area contributed by atoms with Crippen molar-refractivity contribution in [1.29, 1.82) is 0 Å². The van der Waals surface area contributed by atoms with Crippen LogP contribution >= 0.6 is 0 Å². The van der Waals surface area contributed by atoms with E-state index in [2.05, 4.69) is 9.97 Å². The standard InChI is InChI=1S/C9H8N2O3/c1-14-6-3-2-5(9(12)13)7-8(6)11-4-10-7/h2-4H,1H3,(H,10,11)(H,12,13). The summed E-state index contributed by atoms with van der Waals surface area (Å²) in [5.74, 6) is -0.410. The molecule has 0 saturated heterocycles. The van der Waals surface area contributed by atoms with Crippen LogP contribution in [0.15, 0.2) is 18.5 Å². The quantitative estimate of drug-likeness (QED) is 0.751. The van der Waals surface area contributed by atoms with Gasteiger partial charge in [0, 0.05) is 0 Å². The van der Waals surface area contributed by atoms with Gasteiger partial charge in [-0.2, -0.15) is 0 Å². The monoisotopic (exact) mass is 192 g/mol. The zero-order chi connectivity index (χ0) is 10.1. The van der Waals surface area contributed by atoms with Gasteiger partial charge in [-0.1, -0.05) is 0 Å². The number of nitrogens with zero attached hydrogens (tertiary/aromatic N) is 1. The number of H-pyrrole nitrogens is 1. The number of carboxylic acids is 1. The molecule has 0 radical (unpaired) electrons. The molecule has 0 aliphatic carbocycles. The largest absolute Gasteiger partial charge is 0.494 e. The molecule has 2 N–H and O–H groups in total. The molecule has 72 valence electrons. The lowest BCUT2D eigenvalue weighted by Gasteiger charge is -2.02. The fourth-order valence-corrected chi connectivity index (χ4v) is 1.35. The van der Waals surface area contributed by atoms with Gasteiger partial charge in [-0.25, -0.2) is 9.78 Å². The smallest absolute Gasteiger partial charge is 0.337 e. The van der Waals surface area contributed by atoms with Gasteiger partial charge in [-0.05, 0) is 12.1 Å². The van der Waals surface area contributed by atoms with Crippen LogP contribution in [0.25, 0.3) is 11.0 Å². The molecule has 2 aromatic rings. The van der Waals surface area contributed by atoms with Crippen LogP contribution in [0.3, 0.4) is 0 Å². The second kappa shape index (κ2) is 3.02. The molecule has 1 aromatic heterocycles. The number of ether oxygens (including phenoxy) is 1. The Kier molecular flexibility index (Phi) is 1.85. The Labute approximate surface area is 79.3 Å². The van der Waals surface area contributed by atoms with Gasteiger partial charge in [0.1, 0.15) is 16.8 Å². The van der Waals surface area contributed by atoms with E-state index in [9.17, 15) is 4.79 Å². The number of fused-ring (bicyclic) bond motifs is 1. The van der Waals surface area contributed by atoms with E-state index in [1.807, 2.05) is 0 Å². The maximum absolute atomic E-state index is 10.8. The number of rotatable bonds is 2. The highest BCUT2D eigenvalue weighted by atomic mass is 16.5. The normalized spacial score (nSPS) is 10.4. The molecule has 2 rings (SSSR count). The number of aromatic amines is 1. The Morgan fingerprint density at radius 2 is 2.36 bits per heavy atom. The molecular weight excluding hydrogens is 184 g/mol. The summed E-state index contributed by atoms with van der Waals surface area (Å²) in [6.07, 6.45) is 1.44. The first-order chi connectivity index (χ1) is 6.74. The third-order valence-corrected chi connectivity index (χ3v) is 1.99. The van der Waals surface area contributed by atoms with Crippen molar-refractivity contribution in [3.8, 4) is 5.75 Å². The molecular formula is C9H8N2O3. The topological polar surface area (TPSA) is 75.2 Å². The Hall–Kier alpha value is -2.04. The van der Waals surface area contributed by atoms with Gasteiger partial charge < -0.3 is 14.8 Å². The summed E-state index contributed by atoms with van der Waals surface area (Å²) < 4.78 is 5.06. The molecule has 0 aliphatic heterocycles. The molecule has 0 bridgehead atoms. The third-order valence-electron chi connectivity index (χ3n) is 1.99. The number of benzene rings is 1. The summed E-state index contributed by atoms with van der Waals surface area (Å²) in [5, 5.41) is 8.87. The number of carboxylic acid groups (broad SMARTS) is 1. The number of nitrogens with one attached hydrogen (secondary N) is 1. The lowest BCUT2D eigenvalue weighted by Crippen LogP contribution is -1.98. The summed E-state index contributed by atoms with van der Waals surface area (Å²) >= 11 is 0. The Morgan fingerprint density at radius 3 is 3.00 bits per heavy atom. The van der Waals surface area contributed by atoms with Gasteiger partial charge in [0.2, 0.25) is 0 Å². The van der Waals surface area contributed by atoms with E-state index in [0.29, 0.717) is 16.8 Å². The number of hydrogen-bond donors (Lipinski definition) is 2. The van der Waals surface area contributed by atoms with Crippen molar-refractivity contribution < 1.29 is 14.6 Å². The van der Waals surface area contributed by atoms with Crippen molar-refractivity contribution in [3.63, 3.8) is 0 Å². The minimum absolute atomic E-state index is 0.169. The molecule has 0 fully saturated rings. The van der Waals surface area contributed by atoms with E-state index in [-0.39, 0.29) is 5.56 Å². The maximum atomic E-state index is 10.8. The van der Waals surface area contributed by atoms with Gasteiger partial charge in [-0.3, -0.25) is 0 Å². The van der Waals surface area contributed by atoms with Crippen LogP contribution in [0.1, 0.15) is 10.4 Å². The van der Waals surface area contributed by atoms with Crippen LogP contribution in [0.2, 0.25) is 0 Å². The van der Waals surface area contributed by atoms with Crippen molar-refractivity contribution in [1.82, 2.24) is 9.97 Å². The zero-order valence-corrected chi connectivity index (χ0v) is 7.44. The third kappa shape index (κ3) is 1.10. The Bertz CT molecular complexity index is 490. The Balaban J connectivity index is 2.78. The molecule has 0 unspecified atom stereocenters. The second-order valence-corrected chi connectivity index (χ2v) is 2.75. The van der Waals surface area contributed by atoms with E-state index in [0.717, 1.165) is 0 Å². The van der Waals surface area contributed by atoms with Crippen LogP contribution in [0.5, 0.6) is 5.75 Å². The first-order valence-corrected chi connectivity index (χ1v) is 3.97. The molecule has 0 saturated carbocycles. The summed E-state index contributed by atoms with van der Waals surface area (Å²) in [6, 6.07) is 3.08. The van der Waals surface area contributed by atoms with Crippen LogP contribution in [-0.4, -0.2) is 28.2 Å². The molecule has 5 nitrogen and oxygen atoms in total. The van der Waals surface area contributed by atoms with Gasteiger partial charge in [-0.15, -0.1) is 0 Å². The van der Waals surface area contributed by atoms with Gasteiger partial charge in [0.05, 0.1) is 19.0 Å². The predicted molar refractivity (Wildman–Crippen MR) is 49.6 cm³/mol. The number of carbonyl (C=O) groups is 1. The van der Waals surface area contributed by atoms with Crippen LogP contribution in [0, 0.1) is 0 Å².